The highest BCUT2D eigenvalue weighted by atomic mass is 16.3. The molecule has 3 heteroatoms. The van der Waals surface area contributed by atoms with Crippen molar-refractivity contribution in [3.8, 4) is 0 Å². The maximum atomic E-state index is 9.64. The summed E-state index contributed by atoms with van der Waals surface area (Å²) in [5.74, 6) is 0. The molecule has 0 saturated heterocycles. The van der Waals surface area contributed by atoms with E-state index in [1.54, 1.807) is 0 Å². The fourth-order valence-electron chi connectivity index (χ4n) is 2.84. The highest BCUT2D eigenvalue weighted by molar-refractivity contribution is 4.88. The third kappa shape index (κ3) is 6.73. The van der Waals surface area contributed by atoms with Crippen molar-refractivity contribution in [3.63, 3.8) is 0 Å². The molecule has 0 rings (SSSR count). The van der Waals surface area contributed by atoms with Crippen LogP contribution in [0.15, 0.2) is 0 Å². The number of aliphatic hydroxyl groups excluding tert-OH is 1. The Hall–Kier alpha value is -0.120. The number of hydrogen-bond acceptors (Lipinski definition) is 3. The molecular formula is C16H36N2O. The molecule has 0 spiro atoms. The van der Waals surface area contributed by atoms with Crippen LogP contribution in [0.2, 0.25) is 0 Å². The van der Waals surface area contributed by atoms with Crippen molar-refractivity contribution in [2.75, 3.05) is 19.7 Å². The molecule has 3 unspecified atom stereocenters. The maximum Gasteiger partial charge on any atom is 0.0611 e. The zero-order valence-corrected chi connectivity index (χ0v) is 14.0. The van der Waals surface area contributed by atoms with E-state index >= 15 is 0 Å². The van der Waals surface area contributed by atoms with Crippen molar-refractivity contribution < 1.29 is 5.11 Å². The third-order valence-corrected chi connectivity index (χ3v) is 4.19. The normalized spacial score (nSPS) is 18.3. The van der Waals surface area contributed by atoms with Crippen molar-refractivity contribution in [2.24, 2.45) is 0 Å². The second kappa shape index (κ2) is 9.73. The molecule has 0 aromatic rings. The van der Waals surface area contributed by atoms with Gasteiger partial charge in [-0.2, -0.15) is 0 Å². The Kier molecular flexibility index (Phi) is 9.67. The summed E-state index contributed by atoms with van der Waals surface area (Å²) in [6.45, 7) is 15.6. The van der Waals surface area contributed by atoms with Gasteiger partial charge < -0.3 is 10.4 Å². The molecule has 3 atom stereocenters. The molecule has 0 aliphatic carbocycles. The lowest BCUT2D eigenvalue weighted by Crippen LogP contribution is -2.52. The van der Waals surface area contributed by atoms with Gasteiger partial charge in [0.2, 0.25) is 0 Å². The standard InChI is InChI=1S/C16H36N2O/c1-7-10-11-18(14(4)8-2)15(5)12-16(6,13-19)17-9-3/h14-15,17,19H,7-13H2,1-6H3. The van der Waals surface area contributed by atoms with E-state index in [2.05, 4.69) is 51.8 Å². The lowest BCUT2D eigenvalue weighted by molar-refractivity contribution is 0.0902. The summed E-state index contributed by atoms with van der Waals surface area (Å²) >= 11 is 0. The minimum atomic E-state index is -0.161. The number of rotatable bonds is 11. The predicted molar refractivity (Wildman–Crippen MR) is 84.6 cm³/mol. The van der Waals surface area contributed by atoms with Crippen LogP contribution in [0.4, 0.5) is 0 Å². The van der Waals surface area contributed by atoms with Crippen molar-refractivity contribution >= 4 is 0 Å². The predicted octanol–water partition coefficient (Wildman–Crippen LogP) is 3.03. The molecule has 0 aromatic carbocycles. The molecule has 0 heterocycles. The third-order valence-electron chi connectivity index (χ3n) is 4.19. The van der Waals surface area contributed by atoms with Crippen LogP contribution >= 0.6 is 0 Å². The van der Waals surface area contributed by atoms with E-state index in [1.165, 1.54) is 25.8 Å². The smallest absolute Gasteiger partial charge is 0.0611 e. The number of aliphatic hydroxyl groups is 1. The van der Waals surface area contributed by atoms with Gasteiger partial charge in [0.15, 0.2) is 0 Å². The second-order valence-corrected chi connectivity index (χ2v) is 6.15. The van der Waals surface area contributed by atoms with E-state index in [0.29, 0.717) is 12.1 Å². The Bertz CT molecular complexity index is 223. The fourth-order valence-corrected chi connectivity index (χ4v) is 2.84. The molecule has 0 amide bonds. The van der Waals surface area contributed by atoms with E-state index in [0.717, 1.165) is 13.0 Å². The summed E-state index contributed by atoms with van der Waals surface area (Å²) in [5.41, 5.74) is -0.161. The minimum Gasteiger partial charge on any atom is -0.394 e. The molecule has 3 nitrogen and oxygen atoms in total. The van der Waals surface area contributed by atoms with Gasteiger partial charge in [0.05, 0.1) is 6.61 Å². The highest BCUT2D eigenvalue weighted by Gasteiger charge is 2.28. The first-order chi connectivity index (χ1) is 8.94. The summed E-state index contributed by atoms with van der Waals surface area (Å²) in [7, 11) is 0. The molecular weight excluding hydrogens is 236 g/mol. The topological polar surface area (TPSA) is 35.5 Å². The molecule has 0 radical (unpaired) electrons. The lowest BCUT2D eigenvalue weighted by atomic mass is 9.92. The number of nitrogens with one attached hydrogen (secondary N) is 1. The molecule has 0 aromatic heterocycles. The largest absolute Gasteiger partial charge is 0.394 e. The first-order valence-electron chi connectivity index (χ1n) is 8.05. The molecule has 116 valence electrons. The quantitative estimate of drug-likeness (QED) is 0.607. The monoisotopic (exact) mass is 272 g/mol. The van der Waals surface area contributed by atoms with Gasteiger partial charge in [-0.25, -0.2) is 0 Å². The van der Waals surface area contributed by atoms with Gasteiger partial charge in [0.25, 0.3) is 0 Å². The number of likely N-dealkylation sites (N-methyl/N-ethyl adjacent to an activating group) is 1. The lowest BCUT2D eigenvalue weighted by Gasteiger charge is -2.39. The van der Waals surface area contributed by atoms with Crippen LogP contribution < -0.4 is 5.32 Å². The van der Waals surface area contributed by atoms with Crippen LogP contribution in [-0.2, 0) is 0 Å². The van der Waals surface area contributed by atoms with Crippen LogP contribution in [0.1, 0.15) is 67.2 Å². The Labute approximate surface area is 120 Å². The Morgan fingerprint density at radius 1 is 1.16 bits per heavy atom. The number of nitrogens with zero attached hydrogens (tertiary/aromatic N) is 1. The van der Waals surface area contributed by atoms with Crippen molar-refractivity contribution in [3.05, 3.63) is 0 Å². The number of unbranched alkanes of at least 4 members (excludes halogenated alkanes) is 1. The highest BCUT2D eigenvalue weighted by Crippen LogP contribution is 2.19. The fraction of sp³-hybridized carbons (Fsp3) is 1.00. The van der Waals surface area contributed by atoms with Gasteiger partial charge in [-0.1, -0.05) is 27.2 Å². The van der Waals surface area contributed by atoms with Crippen LogP contribution in [-0.4, -0.2) is 47.3 Å². The first-order valence-corrected chi connectivity index (χ1v) is 8.05. The average Bonchev–Trinajstić information content (AvgIpc) is 2.38. The Morgan fingerprint density at radius 3 is 2.21 bits per heavy atom. The van der Waals surface area contributed by atoms with E-state index in [-0.39, 0.29) is 12.1 Å². The van der Waals surface area contributed by atoms with E-state index < -0.39 is 0 Å². The summed E-state index contributed by atoms with van der Waals surface area (Å²) in [4.78, 5) is 2.61. The number of hydrogen-bond donors (Lipinski definition) is 2. The summed E-state index contributed by atoms with van der Waals surface area (Å²) in [6, 6.07) is 1.11. The molecule has 0 aliphatic heterocycles. The van der Waals surface area contributed by atoms with Crippen LogP contribution in [0.5, 0.6) is 0 Å². The van der Waals surface area contributed by atoms with E-state index in [9.17, 15) is 5.11 Å². The molecule has 19 heavy (non-hydrogen) atoms. The summed E-state index contributed by atoms with van der Waals surface area (Å²) in [5, 5.41) is 13.1. The van der Waals surface area contributed by atoms with E-state index in [4.69, 9.17) is 0 Å². The zero-order chi connectivity index (χ0) is 14.9. The summed E-state index contributed by atoms with van der Waals surface area (Å²) < 4.78 is 0. The van der Waals surface area contributed by atoms with Crippen LogP contribution in [0, 0.1) is 0 Å². The molecule has 0 saturated carbocycles. The van der Waals surface area contributed by atoms with Crippen molar-refractivity contribution in [1.29, 1.82) is 0 Å². The maximum absolute atomic E-state index is 9.64. The van der Waals surface area contributed by atoms with Gasteiger partial charge in [0, 0.05) is 17.6 Å². The van der Waals surface area contributed by atoms with Crippen LogP contribution in [0.3, 0.4) is 0 Å². The van der Waals surface area contributed by atoms with Gasteiger partial charge in [-0.15, -0.1) is 0 Å². The van der Waals surface area contributed by atoms with E-state index in [1.807, 2.05) is 0 Å². The van der Waals surface area contributed by atoms with Crippen molar-refractivity contribution in [2.45, 2.75) is 84.8 Å². The molecule has 0 fully saturated rings. The molecule has 0 aliphatic rings. The zero-order valence-electron chi connectivity index (χ0n) is 14.0. The van der Waals surface area contributed by atoms with Gasteiger partial charge in [0.1, 0.15) is 0 Å². The van der Waals surface area contributed by atoms with Gasteiger partial charge in [-0.05, 0) is 53.1 Å². The minimum absolute atomic E-state index is 0.161. The SMILES string of the molecule is CCCCN(C(C)CC)C(C)CC(C)(CO)NCC. The second-order valence-electron chi connectivity index (χ2n) is 6.15. The Morgan fingerprint density at radius 2 is 1.79 bits per heavy atom. The molecule has 0 bridgehead atoms. The Balaban J connectivity index is 4.64. The van der Waals surface area contributed by atoms with Gasteiger partial charge in [-0.3, -0.25) is 4.90 Å². The van der Waals surface area contributed by atoms with Crippen LogP contribution in [0.25, 0.3) is 0 Å². The molecule has 2 N–H and O–H groups in total. The first kappa shape index (κ1) is 18.9. The average molecular weight is 272 g/mol. The van der Waals surface area contributed by atoms with Gasteiger partial charge >= 0.3 is 0 Å². The summed E-state index contributed by atoms with van der Waals surface area (Å²) in [6.07, 6.45) is 4.67. The van der Waals surface area contributed by atoms with Crippen molar-refractivity contribution in [1.82, 2.24) is 10.2 Å².